The number of hydrogen-bond acceptors (Lipinski definition) is 2. The highest BCUT2D eigenvalue weighted by atomic mass is 19.1. The van der Waals surface area contributed by atoms with E-state index in [2.05, 4.69) is 17.2 Å². The van der Waals surface area contributed by atoms with Crippen LogP contribution in [0.25, 0.3) is 11.8 Å². The molecule has 0 N–H and O–H groups in total. The fourth-order valence-corrected chi connectivity index (χ4v) is 3.67. The van der Waals surface area contributed by atoms with E-state index in [-0.39, 0.29) is 11.7 Å². The molecule has 2 aromatic carbocycles. The van der Waals surface area contributed by atoms with Crippen LogP contribution in [0.3, 0.4) is 0 Å². The van der Waals surface area contributed by atoms with Crippen LogP contribution in [0, 0.1) is 19.7 Å². The topological polar surface area (TPSA) is 38.1 Å². The van der Waals surface area contributed by atoms with E-state index in [1.807, 2.05) is 37.0 Å². The van der Waals surface area contributed by atoms with Crippen LogP contribution >= 0.6 is 0 Å². The van der Waals surface area contributed by atoms with E-state index < -0.39 is 0 Å². The van der Waals surface area contributed by atoms with Gasteiger partial charge in [0.1, 0.15) is 5.82 Å². The molecule has 1 aliphatic rings. The Bertz CT molecular complexity index is 1050. The Morgan fingerprint density at radius 3 is 2.54 bits per heavy atom. The van der Waals surface area contributed by atoms with Crippen molar-refractivity contribution in [1.82, 2.24) is 14.7 Å². The summed E-state index contributed by atoms with van der Waals surface area (Å²) in [7, 11) is 0. The van der Waals surface area contributed by atoms with Crippen LogP contribution < -0.4 is 0 Å². The van der Waals surface area contributed by atoms with Gasteiger partial charge in [0.2, 0.25) is 5.91 Å². The van der Waals surface area contributed by atoms with Gasteiger partial charge in [0, 0.05) is 30.4 Å². The van der Waals surface area contributed by atoms with Gasteiger partial charge in [0.05, 0.1) is 11.4 Å². The van der Waals surface area contributed by atoms with E-state index >= 15 is 0 Å². The van der Waals surface area contributed by atoms with Gasteiger partial charge in [-0.15, -0.1) is 0 Å². The Balaban J connectivity index is 1.53. The summed E-state index contributed by atoms with van der Waals surface area (Å²) in [5.41, 5.74) is 5.98. The standard InChI is InChI=1S/C23H22FN3O/c1-16-22(17(2)27(25-16)21-9-7-20(24)8-10-21)11-12-23(28)26-14-13-18-5-3-4-6-19(18)15-26/h3-12H,13-15H2,1-2H3. The minimum Gasteiger partial charge on any atom is -0.334 e. The second kappa shape index (κ2) is 7.43. The molecule has 0 fully saturated rings. The van der Waals surface area contributed by atoms with Gasteiger partial charge >= 0.3 is 0 Å². The number of nitrogens with zero attached hydrogens (tertiary/aromatic N) is 3. The lowest BCUT2D eigenvalue weighted by Gasteiger charge is -2.27. The number of benzene rings is 2. The summed E-state index contributed by atoms with van der Waals surface area (Å²) < 4.78 is 15.0. The summed E-state index contributed by atoms with van der Waals surface area (Å²) in [5.74, 6) is -0.276. The Kier molecular flexibility index (Phi) is 4.82. The van der Waals surface area contributed by atoms with Gasteiger partial charge in [-0.25, -0.2) is 9.07 Å². The quantitative estimate of drug-likeness (QED) is 0.643. The highest BCUT2D eigenvalue weighted by molar-refractivity contribution is 5.92. The monoisotopic (exact) mass is 375 g/mol. The van der Waals surface area contributed by atoms with Crippen molar-refractivity contribution < 1.29 is 9.18 Å². The third-order valence-corrected chi connectivity index (χ3v) is 5.25. The molecule has 1 aliphatic heterocycles. The molecule has 28 heavy (non-hydrogen) atoms. The molecule has 0 aliphatic carbocycles. The Labute approximate surface area is 163 Å². The Morgan fingerprint density at radius 1 is 1.07 bits per heavy atom. The molecule has 1 amide bonds. The van der Waals surface area contributed by atoms with Crippen molar-refractivity contribution in [2.45, 2.75) is 26.8 Å². The lowest BCUT2D eigenvalue weighted by molar-refractivity contribution is -0.126. The molecule has 0 atom stereocenters. The zero-order valence-electron chi connectivity index (χ0n) is 16.0. The molecule has 0 radical (unpaired) electrons. The van der Waals surface area contributed by atoms with Crippen molar-refractivity contribution in [1.29, 1.82) is 0 Å². The predicted octanol–water partition coefficient (Wildman–Crippen LogP) is 4.23. The molecule has 4 rings (SSSR count). The molecule has 3 aromatic rings. The van der Waals surface area contributed by atoms with Crippen LogP contribution in [0.2, 0.25) is 0 Å². The lowest BCUT2D eigenvalue weighted by Crippen LogP contribution is -2.34. The normalized spacial score (nSPS) is 13.8. The van der Waals surface area contributed by atoms with Crippen LogP contribution in [-0.4, -0.2) is 27.1 Å². The molecule has 0 saturated heterocycles. The van der Waals surface area contributed by atoms with Gasteiger partial charge in [-0.3, -0.25) is 4.79 Å². The zero-order chi connectivity index (χ0) is 19.7. The minimum absolute atomic E-state index is 0.00263. The number of aryl methyl sites for hydroxylation is 1. The van der Waals surface area contributed by atoms with Crippen LogP contribution in [0.15, 0.2) is 54.6 Å². The Morgan fingerprint density at radius 2 is 1.79 bits per heavy atom. The van der Waals surface area contributed by atoms with E-state index in [1.54, 1.807) is 22.9 Å². The first-order chi connectivity index (χ1) is 13.5. The molecule has 0 saturated carbocycles. The van der Waals surface area contributed by atoms with Crippen LogP contribution in [-0.2, 0) is 17.8 Å². The maximum Gasteiger partial charge on any atom is 0.246 e. The van der Waals surface area contributed by atoms with Gasteiger partial charge < -0.3 is 4.90 Å². The number of fused-ring (bicyclic) bond motifs is 1. The predicted molar refractivity (Wildman–Crippen MR) is 108 cm³/mol. The highest BCUT2D eigenvalue weighted by Crippen LogP contribution is 2.21. The maximum atomic E-state index is 13.2. The molecule has 4 nitrogen and oxygen atoms in total. The average Bonchev–Trinajstić information content (AvgIpc) is 3.00. The third-order valence-electron chi connectivity index (χ3n) is 5.25. The van der Waals surface area contributed by atoms with Gasteiger partial charge in [0.25, 0.3) is 0 Å². The molecule has 1 aromatic heterocycles. The number of carbonyl (C=O) groups excluding carboxylic acids is 1. The summed E-state index contributed by atoms with van der Waals surface area (Å²) in [4.78, 5) is 14.6. The number of hydrogen-bond donors (Lipinski definition) is 0. The lowest BCUT2D eigenvalue weighted by atomic mass is 10.00. The summed E-state index contributed by atoms with van der Waals surface area (Å²) in [6.45, 7) is 5.23. The van der Waals surface area contributed by atoms with E-state index in [1.165, 1.54) is 23.3 Å². The van der Waals surface area contributed by atoms with Gasteiger partial charge in [-0.2, -0.15) is 5.10 Å². The van der Waals surface area contributed by atoms with Crippen LogP contribution in [0.5, 0.6) is 0 Å². The Hall–Kier alpha value is -3.21. The number of rotatable bonds is 3. The smallest absolute Gasteiger partial charge is 0.246 e. The highest BCUT2D eigenvalue weighted by Gasteiger charge is 2.19. The number of halogens is 1. The summed E-state index contributed by atoms with van der Waals surface area (Å²) in [6.07, 6.45) is 4.34. The van der Waals surface area contributed by atoms with Gasteiger partial charge in [-0.1, -0.05) is 24.3 Å². The second-order valence-electron chi connectivity index (χ2n) is 7.08. The number of amides is 1. The van der Waals surface area contributed by atoms with E-state index in [0.29, 0.717) is 6.54 Å². The molecule has 142 valence electrons. The first kappa shape index (κ1) is 18.2. The summed E-state index contributed by atoms with van der Waals surface area (Å²) in [6, 6.07) is 14.5. The number of aromatic nitrogens is 2. The molecule has 2 heterocycles. The first-order valence-corrected chi connectivity index (χ1v) is 9.39. The van der Waals surface area contributed by atoms with E-state index in [9.17, 15) is 9.18 Å². The summed E-state index contributed by atoms with van der Waals surface area (Å²) in [5, 5.41) is 4.55. The fraction of sp³-hybridized carbons (Fsp3) is 0.217. The van der Waals surface area contributed by atoms with E-state index in [4.69, 9.17) is 0 Å². The molecule has 0 spiro atoms. The minimum atomic E-state index is -0.279. The molecular weight excluding hydrogens is 353 g/mol. The second-order valence-corrected chi connectivity index (χ2v) is 7.08. The van der Waals surface area contributed by atoms with Crippen molar-refractivity contribution in [2.75, 3.05) is 6.54 Å². The van der Waals surface area contributed by atoms with Gasteiger partial charge in [-0.05, 0) is 61.7 Å². The molecular formula is C23H22FN3O. The van der Waals surface area contributed by atoms with Crippen molar-refractivity contribution in [2.24, 2.45) is 0 Å². The first-order valence-electron chi connectivity index (χ1n) is 9.39. The maximum absolute atomic E-state index is 13.2. The zero-order valence-corrected chi connectivity index (χ0v) is 16.0. The largest absolute Gasteiger partial charge is 0.334 e. The molecule has 0 bridgehead atoms. The summed E-state index contributed by atoms with van der Waals surface area (Å²) >= 11 is 0. The van der Waals surface area contributed by atoms with Crippen molar-refractivity contribution in [3.8, 4) is 5.69 Å². The third kappa shape index (κ3) is 3.48. The van der Waals surface area contributed by atoms with Crippen molar-refractivity contribution >= 4 is 12.0 Å². The van der Waals surface area contributed by atoms with Gasteiger partial charge in [0.15, 0.2) is 0 Å². The van der Waals surface area contributed by atoms with Crippen molar-refractivity contribution in [3.05, 3.63) is 88.5 Å². The van der Waals surface area contributed by atoms with E-state index in [0.717, 1.165) is 35.6 Å². The molecule has 0 unspecified atom stereocenters. The fourth-order valence-electron chi connectivity index (χ4n) is 3.67. The SMILES string of the molecule is Cc1nn(-c2ccc(F)cc2)c(C)c1C=CC(=O)N1CCc2ccccc2C1. The van der Waals surface area contributed by atoms with Crippen LogP contribution in [0.1, 0.15) is 28.1 Å². The average molecular weight is 375 g/mol. The molecule has 5 heteroatoms. The van der Waals surface area contributed by atoms with Crippen molar-refractivity contribution in [3.63, 3.8) is 0 Å². The van der Waals surface area contributed by atoms with Crippen LogP contribution in [0.4, 0.5) is 4.39 Å². The number of carbonyl (C=O) groups is 1.